The van der Waals surface area contributed by atoms with E-state index in [4.69, 9.17) is 21.7 Å². The fraction of sp³-hybridized carbons (Fsp3) is 0.308. The minimum absolute atomic E-state index is 0.0868. The van der Waals surface area contributed by atoms with Crippen molar-refractivity contribution in [3.8, 4) is 11.5 Å². The Morgan fingerprint density at radius 1 is 1.39 bits per heavy atom. The van der Waals surface area contributed by atoms with Crippen LogP contribution in [0, 0.1) is 0 Å². The third-order valence-electron chi connectivity index (χ3n) is 2.96. The predicted molar refractivity (Wildman–Crippen MR) is 84.4 cm³/mol. The molecule has 1 amide bonds. The SMILES string of the molecule is CCCn1nnc(NC(=S)NC(=O)c2ccc3c(c2)OCO3)n1. The molecule has 2 N–H and O–H groups in total. The van der Waals surface area contributed by atoms with E-state index in [1.165, 1.54) is 4.80 Å². The highest BCUT2D eigenvalue weighted by atomic mass is 32.1. The highest BCUT2D eigenvalue weighted by molar-refractivity contribution is 7.80. The molecule has 0 fully saturated rings. The Morgan fingerprint density at radius 3 is 3.04 bits per heavy atom. The average Bonchev–Trinajstić information content (AvgIpc) is 3.15. The van der Waals surface area contributed by atoms with Gasteiger partial charge in [0.25, 0.3) is 11.9 Å². The van der Waals surface area contributed by atoms with Gasteiger partial charge in [-0.25, -0.2) is 0 Å². The Balaban J connectivity index is 1.59. The van der Waals surface area contributed by atoms with E-state index < -0.39 is 0 Å². The van der Waals surface area contributed by atoms with E-state index in [9.17, 15) is 4.79 Å². The second-order valence-electron chi connectivity index (χ2n) is 4.69. The summed E-state index contributed by atoms with van der Waals surface area (Å²) in [6.07, 6.45) is 0.890. The lowest BCUT2D eigenvalue weighted by atomic mass is 10.2. The standard InChI is InChI=1S/C13H14N6O3S/c1-2-5-19-17-12(16-18-19)15-13(23)14-11(20)8-3-4-9-10(6-8)22-7-21-9/h3-4,6H,2,5,7H2,1H3,(H2,14,15,17,20,23). The van der Waals surface area contributed by atoms with Crippen molar-refractivity contribution in [1.29, 1.82) is 0 Å². The monoisotopic (exact) mass is 334 g/mol. The van der Waals surface area contributed by atoms with Crippen LogP contribution in [0.2, 0.25) is 0 Å². The van der Waals surface area contributed by atoms with Crippen LogP contribution in [0.1, 0.15) is 23.7 Å². The minimum Gasteiger partial charge on any atom is -0.454 e. The quantitative estimate of drug-likeness (QED) is 0.796. The average molecular weight is 334 g/mol. The molecular weight excluding hydrogens is 320 g/mol. The molecule has 0 saturated carbocycles. The summed E-state index contributed by atoms with van der Waals surface area (Å²) < 4.78 is 10.4. The summed E-state index contributed by atoms with van der Waals surface area (Å²) in [6, 6.07) is 4.89. The molecule has 10 heteroatoms. The molecule has 2 aromatic rings. The Kier molecular flexibility index (Phi) is 4.33. The van der Waals surface area contributed by atoms with Gasteiger partial charge in [0.05, 0.1) is 6.54 Å². The smallest absolute Gasteiger partial charge is 0.269 e. The number of hydrogen-bond acceptors (Lipinski definition) is 7. The van der Waals surface area contributed by atoms with E-state index >= 15 is 0 Å². The molecule has 9 nitrogen and oxygen atoms in total. The van der Waals surface area contributed by atoms with Gasteiger partial charge in [-0.1, -0.05) is 12.0 Å². The number of amides is 1. The van der Waals surface area contributed by atoms with E-state index in [1.54, 1.807) is 18.2 Å². The minimum atomic E-state index is -0.373. The number of tetrazole rings is 1. The van der Waals surface area contributed by atoms with E-state index in [0.717, 1.165) is 6.42 Å². The number of anilines is 1. The second kappa shape index (κ2) is 6.57. The number of aromatic nitrogens is 4. The molecule has 0 aliphatic carbocycles. The van der Waals surface area contributed by atoms with Crippen LogP contribution in [0.5, 0.6) is 11.5 Å². The fourth-order valence-corrected chi connectivity index (χ4v) is 2.12. The number of carbonyl (C=O) groups excluding carboxylic acids is 1. The third-order valence-corrected chi connectivity index (χ3v) is 3.17. The van der Waals surface area contributed by atoms with Crippen LogP contribution in [-0.2, 0) is 6.54 Å². The van der Waals surface area contributed by atoms with Crippen LogP contribution >= 0.6 is 12.2 Å². The van der Waals surface area contributed by atoms with Crippen molar-refractivity contribution >= 4 is 29.2 Å². The maximum absolute atomic E-state index is 12.2. The van der Waals surface area contributed by atoms with Gasteiger partial charge in [-0.15, -0.1) is 5.10 Å². The van der Waals surface area contributed by atoms with Gasteiger partial charge < -0.3 is 9.47 Å². The first-order valence-corrected chi connectivity index (χ1v) is 7.36. The predicted octanol–water partition coefficient (Wildman–Crippen LogP) is 0.939. The van der Waals surface area contributed by atoms with Crippen molar-refractivity contribution in [1.82, 2.24) is 25.5 Å². The molecule has 1 aliphatic heterocycles. The van der Waals surface area contributed by atoms with Crippen LogP contribution < -0.4 is 20.1 Å². The summed E-state index contributed by atoms with van der Waals surface area (Å²) in [4.78, 5) is 13.6. The van der Waals surface area contributed by atoms with Gasteiger partial charge in [0, 0.05) is 5.56 Å². The molecule has 0 radical (unpaired) electrons. The molecule has 23 heavy (non-hydrogen) atoms. The molecule has 0 atom stereocenters. The number of carbonyl (C=O) groups is 1. The second-order valence-corrected chi connectivity index (χ2v) is 5.09. The van der Waals surface area contributed by atoms with Crippen molar-refractivity contribution in [3.05, 3.63) is 23.8 Å². The molecule has 2 heterocycles. The molecule has 0 bridgehead atoms. The molecule has 0 saturated heterocycles. The van der Waals surface area contributed by atoms with Gasteiger partial charge in [0.15, 0.2) is 16.6 Å². The lowest BCUT2D eigenvalue weighted by Gasteiger charge is -2.07. The maximum atomic E-state index is 12.2. The number of rotatable bonds is 4. The Morgan fingerprint density at radius 2 is 2.22 bits per heavy atom. The molecule has 0 spiro atoms. The molecular formula is C13H14N6O3S. The number of ether oxygens (including phenoxy) is 2. The normalized spacial score (nSPS) is 12.0. The summed E-state index contributed by atoms with van der Waals surface area (Å²) >= 11 is 5.07. The van der Waals surface area contributed by atoms with Crippen LogP contribution in [0.3, 0.4) is 0 Å². The van der Waals surface area contributed by atoms with E-state index in [-0.39, 0.29) is 23.8 Å². The maximum Gasteiger partial charge on any atom is 0.269 e. The molecule has 0 unspecified atom stereocenters. The van der Waals surface area contributed by atoms with Gasteiger partial charge in [0.1, 0.15) is 0 Å². The number of fused-ring (bicyclic) bond motifs is 1. The van der Waals surface area contributed by atoms with Crippen molar-refractivity contribution in [3.63, 3.8) is 0 Å². The fourth-order valence-electron chi connectivity index (χ4n) is 1.93. The lowest BCUT2D eigenvalue weighted by Crippen LogP contribution is -2.34. The zero-order valence-electron chi connectivity index (χ0n) is 12.3. The summed E-state index contributed by atoms with van der Waals surface area (Å²) in [7, 11) is 0. The van der Waals surface area contributed by atoms with Gasteiger partial charge >= 0.3 is 0 Å². The van der Waals surface area contributed by atoms with Crippen LogP contribution in [0.4, 0.5) is 5.95 Å². The Bertz CT molecular complexity index is 747. The third kappa shape index (κ3) is 3.54. The van der Waals surface area contributed by atoms with Crippen molar-refractivity contribution in [2.45, 2.75) is 19.9 Å². The van der Waals surface area contributed by atoms with Crippen LogP contribution in [0.15, 0.2) is 18.2 Å². The van der Waals surface area contributed by atoms with Crippen LogP contribution in [-0.4, -0.2) is 38.0 Å². The first-order chi connectivity index (χ1) is 11.2. The van der Waals surface area contributed by atoms with Gasteiger partial charge in [-0.05, 0) is 42.1 Å². The number of thiocarbonyl (C=S) groups is 1. The van der Waals surface area contributed by atoms with Gasteiger partial charge in [0.2, 0.25) is 6.79 Å². The number of nitrogens with zero attached hydrogens (tertiary/aromatic N) is 4. The van der Waals surface area contributed by atoms with Crippen LogP contribution in [0.25, 0.3) is 0 Å². The Hall–Kier alpha value is -2.75. The zero-order chi connectivity index (χ0) is 16.2. The lowest BCUT2D eigenvalue weighted by molar-refractivity contribution is 0.0977. The van der Waals surface area contributed by atoms with Crippen molar-refractivity contribution < 1.29 is 14.3 Å². The first kappa shape index (κ1) is 15.2. The van der Waals surface area contributed by atoms with Crippen molar-refractivity contribution in [2.24, 2.45) is 0 Å². The molecule has 120 valence electrons. The van der Waals surface area contributed by atoms with Gasteiger partial charge in [-0.3, -0.25) is 15.4 Å². The van der Waals surface area contributed by atoms with E-state index in [0.29, 0.717) is 23.6 Å². The number of hydrogen-bond donors (Lipinski definition) is 2. The molecule has 1 aliphatic rings. The molecule has 3 rings (SSSR count). The number of nitrogens with one attached hydrogen (secondary N) is 2. The van der Waals surface area contributed by atoms with Gasteiger partial charge in [-0.2, -0.15) is 4.80 Å². The zero-order valence-corrected chi connectivity index (χ0v) is 13.1. The summed E-state index contributed by atoms with van der Waals surface area (Å²) in [5.41, 5.74) is 0.404. The van der Waals surface area contributed by atoms with E-state index in [2.05, 4.69) is 26.0 Å². The number of benzene rings is 1. The van der Waals surface area contributed by atoms with Crippen molar-refractivity contribution in [2.75, 3.05) is 12.1 Å². The molecule has 1 aromatic heterocycles. The summed E-state index contributed by atoms with van der Waals surface area (Å²) in [5, 5.41) is 17.1. The summed E-state index contributed by atoms with van der Waals surface area (Å²) in [6.45, 7) is 2.82. The highest BCUT2D eigenvalue weighted by Gasteiger charge is 2.17. The largest absolute Gasteiger partial charge is 0.454 e. The first-order valence-electron chi connectivity index (χ1n) is 6.95. The molecule has 1 aromatic carbocycles. The topological polar surface area (TPSA) is 103 Å². The Labute approximate surface area is 137 Å². The summed E-state index contributed by atoms with van der Waals surface area (Å²) in [5.74, 6) is 0.996. The number of aryl methyl sites for hydroxylation is 1. The highest BCUT2D eigenvalue weighted by Crippen LogP contribution is 2.32. The van der Waals surface area contributed by atoms with E-state index in [1.807, 2.05) is 6.92 Å².